The van der Waals surface area contributed by atoms with Crippen molar-refractivity contribution in [2.75, 3.05) is 26.4 Å². The molecule has 15 heteroatoms. The van der Waals surface area contributed by atoms with Crippen LogP contribution in [-0.4, -0.2) is 67.2 Å². The van der Waals surface area contributed by atoms with Crippen molar-refractivity contribution in [1.82, 2.24) is 4.98 Å². The first-order chi connectivity index (χ1) is 26.4. The smallest absolute Gasteiger partial charge is 0.330 e. The van der Waals surface area contributed by atoms with Crippen molar-refractivity contribution < 1.29 is 61.6 Å². The number of nitrogens with zero attached hydrogens (tertiary/aromatic N) is 1. The van der Waals surface area contributed by atoms with Gasteiger partial charge in [0.05, 0.1) is 52.1 Å². The molecule has 0 N–H and O–H groups in total. The topological polar surface area (TPSA) is 184 Å². The molecule has 0 unspecified atom stereocenters. The summed E-state index contributed by atoms with van der Waals surface area (Å²) in [5, 5.41) is 1.31. The second-order valence-electron chi connectivity index (χ2n) is 14.6. The van der Waals surface area contributed by atoms with Crippen molar-refractivity contribution >= 4 is 68.3 Å². The van der Waals surface area contributed by atoms with Crippen molar-refractivity contribution in [1.29, 1.82) is 0 Å². The second kappa shape index (κ2) is 18.7. The van der Waals surface area contributed by atoms with Crippen LogP contribution in [0.3, 0.4) is 0 Å². The van der Waals surface area contributed by atoms with Crippen molar-refractivity contribution in [3.8, 4) is 22.3 Å². The number of esters is 6. The van der Waals surface area contributed by atoms with Crippen LogP contribution in [0.1, 0.15) is 64.5 Å². The largest absolute Gasteiger partial charge is 0.465 e. The molecule has 0 fully saturated rings. The van der Waals surface area contributed by atoms with E-state index in [0.29, 0.717) is 21.1 Å². The molecule has 0 saturated carbocycles. The van der Waals surface area contributed by atoms with E-state index in [1.165, 1.54) is 12.1 Å². The Labute approximate surface area is 327 Å². The van der Waals surface area contributed by atoms with Crippen LogP contribution in [0.15, 0.2) is 60.1 Å². The number of hydrogen-bond acceptors (Lipinski definition) is 15. The van der Waals surface area contributed by atoms with E-state index < -0.39 is 46.6 Å². The molecule has 4 rings (SSSR count). The highest BCUT2D eigenvalue weighted by molar-refractivity contribution is 7.22. The van der Waals surface area contributed by atoms with Gasteiger partial charge in [-0.1, -0.05) is 46.9 Å². The van der Waals surface area contributed by atoms with E-state index in [1.54, 1.807) is 27.7 Å². The maximum atomic E-state index is 13.0. The standard InChI is InChI=1S/C41H45NO13S/c1-9-31(43)49-20-40(5,6)22-51-33(45)13-15-35(47)54-27-11-12-28(55-36(48)16-14-34(46)52-23-41(7,8)21-50-32(44)10-2)38-37(27)42-39(56-38)30-19-26-25(4)17-24(3)18-29(26)53-30/h9-12,17-19H,1-2,13-16,20-23H2,3-8H3. The van der Waals surface area contributed by atoms with Gasteiger partial charge in [-0.05, 0) is 49.2 Å². The highest BCUT2D eigenvalue weighted by Crippen LogP contribution is 2.42. The fourth-order valence-corrected chi connectivity index (χ4v) is 5.99. The molecule has 0 radical (unpaired) electrons. The Hall–Kier alpha value is -5.83. The molecule has 0 bridgehead atoms. The highest BCUT2D eigenvalue weighted by atomic mass is 32.1. The molecule has 0 amide bonds. The number of carbonyl (C=O) groups excluding carboxylic acids is 6. The van der Waals surface area contributed by atoms with Crippen molar-refractivity contribution in [3.63, 3.8) is 0 Å². The zero-order chi connectivity index (χ0) is 41.2. The van der Waals surface area contributed by atoms with Gasteiger partial charge in [0.2, 0.25) is 0 Å². The first-order valence-electron chi connectivity index (χ1n) is 17.6. The second-order valence-corrected chi connectivity index (χ2v) is 15.6. The lowest BCUT2D eigenvalue weighted by molar-refractivity contribution is -0.153. The zero-order valence-electron chi connectivity index (χ0n) is 32.3. The predicted molar refractivity (Wildman–Crippen MR) is 206 cm³/mol. The summed E-state index contributed by atoms with van der Waals surface area (Å²) in [6.07, 6.45) is 0.920. The summed E-state index contributed by atoms with van der Waals surface area (Å²) < 4.78 is 38.5. The number of ether oxygens (including phenoxy) is 6. The third-order valence-electron chi connectivity index (χ3n) is 7.98. The van der Waals surface area contributed by atoms with E-state index in [9.17, 15) is 28.8 Å². The Morgan fingerprint density at radius 3 is 1.71 bits per heavy atom. The minimum atomic E-state index is -0.739. The Morgan fingerprint density at radius 2 is 1.18 bits per heavy atom. The number of rotatable bonds is 19. The van der Waals surface area contributed by atoms with Crippen LogP contribution in [0.5, 0.6) is 11.5 Å². The van der Waals surface area contributed by atoms with Crippen LogP contribution in [0, 0.1) is 24.7 Å². The predicted octanol–water partition coefficient (Wildman–Crippen LogP) is 7.29. The van der Waals surface area contributed by atoms with E-state index in [4.69, 9.17) is 37.8 Å². The molecule has 4 aromatic rings. The molecular weight excluding hydrogens is 747 g/mol. The quantitative estimate of drug-likeness (QED) is 0.0399. The average Bonchev–Trinajstić information content (AvgIpc) is 3.80. The molecule has 2 aromatic heterocycles. The fourth-order valence-electron chi connectivity index (χ4n) is 5.01. The van der Waals surface area contributed by atoms with Crippen molar-refractivity contribution in [2.45, 2.75) is 67.2 Å². The molecule has 0 saturated heterocycles. The van der Waals surface area contributed by atoms with Crippen LogP contribution in [0.4, 0.5) is 0 Å². The van der Waals surface area contributed by atoms with E-state index in [0.717, 1.165) is 40.0 Å². The summed E-state index contributed by atoms with van der Waals surface area (Å²) in [6.45, 7) is 17.5. The van der Waals surface area contributed by atoms with Crippen LogP contribution in [0.2, 0.25) is 0 Å². The zero-order valence-corrected chi connectivity index (χ0v) is 33.1. The summed E-state index contributed by atoms with van der Waals surface area (Å²) in [7, 11) is 0. The van der Waals surface area contributed by atoms with Crippen LogP contribution in [0.25, 0.3) is 32.0 Å². The number of furan rings is 1. The first kappa shape index (κ1) is 42.9. The number of benzene rings is 2. The van der Waals surface area contributed by atoms with Gasteiger partial charge in [-0.2, -0.15) is 0 Å². The third kappa shape index (κ3) is 12.3. The monoisotopic (exact) mass is 791 g/mol. The minimum Gasteiger partial charge on any atom is -0.465 e. The third-order valence-corrected chi connectivity index (χ3v) is 9.06. The molecule has 0 aliphatic rings. The molecule has 56 heavy (non-hydrogen) atoms. The van der Waals surface area contributed by atoms with Gasteiger partial charge in [-0.15, -0.1) is 11.3 Å². The minimum absolute atomic E-state index is 0.000398. The number of fused-ring (bicyclic) bond motifs is 2. The van der Waals surface area contributed by atoms with Gasteiger partial charge in [0.25, 0.3) is 0 Å². The number of thiazole rings is 1. The molecule has 2 aromatic carbocycles. The van der Waals surface area contributed by atoms with Gasteiger partial charge in [0, 0.05) is 28.4 Å². The number of hydrogen-bond donors (Lipinski definition) is 0. The van der Waals surface area contributed by atoms with E-state index in [1.807, 2.05) is 32.0 Å². The van der Waals surface area contributed by atoms with E-state index in [2.05, 4.69) is 13.2 Å². The lowest BCUT2D eigenvalue weighted by Gasteiger charge is -2.23. The molecular formula is C41H45NO13S. The van der Waals surface area contributed by atoms with Crippen LogP contribution >= 0.6 is 11.3 Å². The van der Waals surface area contributed by atoms with E-state index in [-0.39, 0.29) is 69.1 Å². The summed E-state index contributed by atoms with van der Waals surface area (Å²) in [6, 6.07) is 8.65. The number of carbonyl (C=O) groups is 6. The van der Waals surface area contributed by atoms with Crippen LogP contribution in [-0.2, 0) is 47.7 Å². The van der Waals surface area contributed by atoms with Gasteiger partial charge in [-0.3, -0.25) is 19.2 Å². The van der Waals surface area contributed by atoms with Gasteiger partial charge in [0.15, 0.2) is 22.3 Å². The molecule has 2 heterocycles. The summed E-state index contributed by atoms with van der Waals surface area (Å²) in [5.41, 5.74) is 1.56. The molecule has 14 nitrogen and oxygen atoms in total. The normalized spacial score (nSPS) is 11.5. The summed E-state index contributed by atoms with van der Waals surface area (Å²) in [5.74, 6) is -3.33. The Bertz CT molecular complexity index is 2050. The van der Waals surface area contributed by atoms with Crippen LogP contribution < -0.4 is 9.47 Å². The van der Waals surface area contributed by atoms with Gasteiger partial charge in [0.1, 0.15) is 15.8 Å². The number of aryl methyl sites for hydroxylation is 2. The van der Waals surface area contributed by atoms with E-state index >= 15 is 0 Å². The fraction of sp³-hybridized carbons (Fsp3) is 0.390. The highest BCUT2D eigenvalue weighted by Gasteiger charge is 2.26. The Morgan fingerprint density at radius 1 is 0.696 bits per heavy atom. The number of aromatic nitrogens is 1. The average molecular weight is 792 g/mol. The molecule has 0 atom stereocenters. The summed E-state index contributed by atoms with van der Waals surface area (Å²) in [4.78, 5) is 78.3. The van der Waals surface area contributed by atoms with Crippen molar-refractivity contribution in [3.05, 3.63) is 66.8 Å². The molecule has 298 valence electrons. The molecule has 0 spiro atoms. The lowest BCUT2D eigenvalue weighted by atomic mass is 9.96. The first-order valence-corrected chi connectivity index (χ1v) is 18.5. The van der Waals surface area contributed by atoms with Gasteiger partial charge >= 0.3 is 35.8 Å². The maximum Gasteiger partial charge on any atom is 0.330 e. The summed E-state index contributed by atoms with van der Waals surface area (Å²) >= 11 is 1.15. The van der Waals surface area contributed by atoms with Crippen molar-refractivity contribution in [2.24, 2.45) is 10.8 Å². The maximum absolute atomic E-state index is 13.0. The molecule has 0 aliphatic heterocycles. The van der Waals surface area contributed by atoms with Gasteiger partial charge < -0.3 is 32.8 Å². The molecule has 0 aliphatic carbocycles. The Balaban J connectivity index is 1.46. The van der Waals surface area contributed by atoms with Gasteiger partial charge in [-0.25, -0.2) is 14.6 Å². The Kier molecular flexibility index (Phi) is 14.3. The SMILES string of the molecule is C=CC(=O)OCC(C)(C)COC(=O)CCC(=O)Oc1ccc(OC(=O)CCC(=O)OCC(C)(C)COC(=O)C=C)c2sc(-c3cc4c(C)cc(C)cc4o3)nc12. The lowest BCUT2D eigenvalue weighted by Crippen LogP contribution is -2.28.